The average molecular weight is 371 g/mol. The maximum absolute atomic E-state index is 12.7. The molecule has 2 saturated carbocycles. The van der Waals surface area contributed by atoms with E-state index < -0.39 is 0 Å². The zero-order chi connectivity index (χ0) is 18.6. The number of nitrogens with two attached hydrogens (primary N) is 1. The lowest BCUT2D eigenvalue weighted by Crippen LogP contribution is -2.49. The van der Waals surface area contributed by atoms with Crippen molar-refractivity contribution < 1.29 is 4.79 Å². The predicted octanol–water partition coefficient (Wildman–Crippen LogP) is 3.23. The van der Waals surface area contributed by atoms with Crippen molar-refractivity contribution in [2.75, 3.05) is 18.0 Å². The third kappa shape index (κ3) is 4.45. The van der Waals surface area contributed by atoms with E-state index in [4.69, 9.17) is 5.73 Å². The van der Waals surface area contributed by atoms with E-state index in [1.807, 2.05) is 6.20 Å². The highest BCUT2D eigenvalue weighted by Gasteiger charge is 2.40. The molecular weight excluding hydrogens is 336 g/mol. The Morgan fingerprint density at radius 3 is 2.41 bits per heavy atom. The van der Waals surface area contributed by atoms with Crippen LogP contribution in [-0.4, -0.2) is 30.0 Å². The van der Waals surface area contributed by atoms with E-state index in [0.29, 0.717) is 24.4 Å². The minimum Gasteiger partial charge on any atom is -0.357 e. The van der Waals surface area contributed by atoms with Gasteiger partial charge in [0, 0.05) is 37.8 Å². The van der Waals surface area contributed by atoms with E-state index in [9.17, 15) is 4.79 Å². The van der Waals surface area contributed by atoms with Crippen LogP contribution < -0.4 is 16.0 Å². The van der Waals surface area contributed by atoms with Crippen LogP contribution in [0.5, 0.6) is 0 Å². The van der Waals surface area contributed by atoms with E-state index in [-0.39, 0.29) is 11.8 Å². The van der Waals surface area contributed by atoms with Gasteiger partial charge in [0.25, 0.3) is 0 Å². The lowest BCUT2D eigenvalue weighted by atomic mass is 9.65. The van der Waals surface area contributed by atoms with Gasteiger partial charge in [0.2, 0.25) is 5.91 Å². The number of aromatic nitrogens is 1. The molecule has 0 aromatic carbocycles. The van der Waals surface area contributed by atoms with E-state index in [2.05, 4.69) is 27.3 Å². The highest BCUT2D eigenvalue weighted by atomic mass is 16.1. The van der Waals surface area contributed by atoms with Crippen molar-refractivity contribution in [2.45, 2.75) is 70.4 Å². The summed E-state index contributed by atoms with van der Waals surface area (Å²) in [6, 6.07) is 4.54. The van der Waals surface area contributed by atoms with Gasteiger partial charge in [0.05, 0.1) is 0 Å². The van der Waals surface area contributed by atoms with Crippen LogP contribution in [0.3, 0.4) is 0 Å². The fourth-order valence-corrected chi connectivity index (χ4v) is 5.34. The Labute approximate surface area is 163 Å². The summed E-state index contributed by atoms with van der Waals surface area (Å²) in [5.74, 6) is 2.51. The van der Waals surface area contributed by atoms with Crippen molar-refractivity contribution in [3.05, 3.63) is 23.9 Å². The molecular formula is C22H34N4O. The van der Waals surface area contributed by atoms with Crippen LogP contribution in [0.1, 0.15) is 63.4 Å². The molecule has 5 heteroatoms. The topological polar surface area (TPSA) is 71.2 Å². The summed E-state index contributed by atoms with van der Waals surface area (Å²) in [6.07, 6.45) is 12.7. The smallest absolute Gasteiger partial charge is 0.223 e. The maximum atomic E-state index is 12.7. The number of carbonyl (C=O) groups is 1. The summed E-state index contributed by atoms with van der Waals surface area (Å²) in [4.78, 5) is 19.7. The Hall–Kier alpha value is -1.62. The van der Waals surface area contributed by atoms with Crippen LogP contribution in [0, 0.1) is 17.8 Å². The van der Waals surface area contributed by atoms with Gasteiger partial charge in [-0.15, -0.1) is 0 Å². The number of nitrogens with one attached hydrogen (secondary N) is 1. The molecule has 2 heterocycles. The fourth-order valence-electron chi connectivity index (χ4n) is 5.34. The van der Waals surface area contributed by atoms with E-state index >= 15 is 0 Å². The highest BCUT2D eigenvalue weighted by Crippen LogP contribution is 2.41. The molecule has 2 unspecified atom stereocenters. The number of rotatable bonds is 4. The number of pyridine rings is 1. The Kier molecular flexibility index (Phi) is 5.96. The molecule has 1 aliphatic heterocycles. The summed E-state index contributed by atoms with van der Waals surface area (Å²) >= 11 is 0. The first-order chi connectivity index (χ1) is 13.2. The molecule has 2 atom stereocenters. The molecule has 3 aliphatic rings. The normalized spacial score (nSPS) is 31.2. The first-order valence-corrected chi connectivity index (χ1v) is 10.9. The molecule has 0 spiro atoms. The Balaban J connectivity index is 1.29. The van der Waals surface area contributed by atoms with Gasteiger partial charge in [-0.25, -0.2) is 4.98 Å². The summed E-state index contributed by atoms with van der Waals surface area (Å²) in [5, 5.41) is 3.15. The second-order valence-corrected chi connectivity index (χ2v) is 8.84. The molecule has 5 nitrogen and oxygen atoms in total. The zero-order valence-electron chi connectivity index (χ0n) is 16.4. The van der Waals surface area contributed by atoms with E-state index in [1.54, 1.807) is 0 Å². The van der Waals surface area contributed by atoms with Gasteiger partial charge in [0.1, 0.15) is 5.82 Å². The number of carbonyl (C=O) groups excluding carboxylic acids is 1. The van der Waals surface area contributed by atoms with Gasteiger partial charge in [-0.3, -0.25) is 4.79 Å². The molecule has 2 aliphatic carbocycles. The molecule has 148 valence electrons. The minimum absolute atomic E-state index is 0.143. The van der Waals surface area contributed by atoms with Crippen LogP contribution in [0.4, 0.5) is 5.82 Å². The van der Waals surface area contributed by atoms with Gasteiger partial charge in [-0.2, -0.15) is 0 Å². The molecule has 4 rings (SSSR count). The van der Waals surface area contributed by atoms with E-state index in [0.717, 1.165) is 37.3 Å². The first-order valence-electron chi connectivity index (χ1n) is 10.9. The monoisotopic (exact) mass is 370 g/mol. The summed E-state index contributed by atoms with van der Waals surface area (Å²) in [5.41, 5.74) is 7.43. The first kappa shape index (κ1) is 18.7. The standard InChI is InChI=1S/C22H34N4O/c23-21-17-6-5-7-18(21)13-19(12-17)22(27)25-15-16-8-9-20(24-14-16)26-10-3-1-2-4-11-26/h8-9,14,17-19,21H,1-7,10-13,15,23H2,(H,25,27). The number of nitrogens with zero attached hydrogens (tertiary/aromatic N) is 2. The lowest BCUT2D eigenvalue weighted by Gasteiger charge is -2.43. The number of anilines is 1. The van der Waals surface area contributed by atoms with Crippen LogP contribution in [0.25, 0.3) is 0 Å². The van der Waals surface area contributed by atoms with Crippen molar-refractivity contribution in [1.82, 2.24) is 10.3 Å². The quantitative estimate of drug-likeness (QED) is 0.854. The van der Waals surface area contributed by atoms with Gasteiger partial charge in [-0.1, -0.05) is 25.3 Å². The number of hydrogen-bond acceptors (Lipinski definition) is 4. The van der Waals surface area contributed by atoms with Gasteiger partial charge >= 0.3 is 0 Å². The summed E-state index contributed by atoms with van der Waals surface area (Å²) in [6.45, 7) is 2.79. The average Bonchev–Trinajstić information content (AvgIpc) is 2.96. The highest BCUT2D eigenvalue weighted by molar-refractivity contribution is 5.78. The van der Waals surface area contributed by atoms with Gasteiger partial charge in [0.15, 0.2) is 0 Å². The minimum atomic E-state index is 0.143. The van der Waals surface area contributed by atoms with Gasteiger partial charge in [-0.05, 0) is 62.0 Å². The zero-order valence-corrected chi connectivity index (χ0v) is 16.4. The third-order valence-corrected chi connectivity index (χ3v) is 6.99. The van der Waals surface area contributed by atoms with Crippen molar-refractivity contribution in [3.63, 3.8) is 0 Å². The molecule has 1 aromatic rings. The second kappa shape index (κ2) is 8.59. The maximum Gasteiger partial charge on any atom is 0.223 e. The largest absolute Gasteiger partial charge is 0.357 e. The van der Waals surface area contributed by atoms with Crippen LogP contribution in [-0.2, 0) is 11.3 Å². The fraction of sp³-hybridized carbons (Fsp3) is 0.727. The summed E-state index contributed by atoms with van der Waals surface area (Å²) in [7, 11) is 0. The lowest BCUT2D eigenvalue weighted by molar-refractivity contribution is -0.128. The predicted molar refractivity (Wildman–Crippen MR) is 108 cm³/mol. The molecule has 1 aromatic heterocycles. The molecule has 1 amide bonds. The Morgan fingerprint density at radius 2 is 1.78 bits per heavy atom. The molecule has 3 fully saturated rings. The Morgan fingerprint density at radius 1 is 1.07 bits per heavy atom. The molecule has 27 heavy (non-hydrogen) atoms. The molecule has 0 radical (unpaired) electrons. The van der Waals surface area contributed by atoms with Crippen molar-refractivity contribution in [2.24, 2.45) is 23.5 Å². The summed E-state index contributed by atoms with van der Waals surface area (Å²) < 4.78 is 0. The van der Waals surface area contributed by atoms with Crippen LogP contribution in [0.2, 0.25) is 0 Å². The van der Waals surface area contributed by atoms with Crippen LogP contribution >= 0.6 is 0 Å². The Bertz CT molecular complexity index is 610. The molecule has 2 bridgehead atoms. The second-order valence-electron chi connectivity index (χ2n) is 8.84. The molecule has 1 saturated heterocycles. The van der Waals surface area contributed by atoms with Crippen molar-refractivity contribution >= 4 is 11.7 Å². The SMILES string of the molecule is NC1C2CCCC1CC(C(=O)NCc1ccc(N3CCCCCC3)nc1)C2. The van der Waals surface area contributed by atoms with Crippen molar-refractivity contribution in [3.8, 4) is 0 Å². The van der Waals surface area contributed by atoms with Gasteiger partial charge < -0.3 is 16.0 Å². The molecule has 3 N–H and O–H groups in total. The number of hydrogen-bond donors (Lipinski definition) is 2. The number of fused-ring (bicyclic) bond motifs is 2. The van der Waals surface area contributed by atoms with Crippen LogP contribution in [0.15, 0.2) is 18.3 Å². The number of amides is 1. The van der Waals surface area contributed by atoms with E-state index in [1.165, 1.54) is 44.9 Å². The van der Waals surface area contributed by atoms with Crippen molar-refractivity contribution in [1.29, 1.82) is 0 Å². The third-order valence-electron chi connectivity index (χ3n) is 6.99.